The van der Waals surface area contributed by atoms with Gasteiger partial charge >= 0.3 is 5.97 Å². The molecule has 6 heteroatoms. The standard InChI is InChI=1S/C19H26N2O4/c1-2-19(18(23)24)8-5-9-21(14-19)17(22)15-6-3-4-7-16(15)20-10-12-25-13-11-20/h3-4,6-7H,2,5,8-14H2,1H3,(H,23,24). The van der Waals surface area contributed by atoms with Crippen LogP contribution in [0, 0.1) is 5.41 Å². The second-order valence-electron chi connectivity index (χ2n) is 6.89. The molecule has 0 radical (unpaired) electrons. The van der Waals surface area contributed by atoms with Crippen molar-refractivity contribution in [2.45, 2.75) is 26.2 Å². The predicted molar refractivity (Wildman–Crippen MR) is 95.0 cm³/mol. The molecule has 0 aliphatic carbocycles. The number of anilines is 1. The molecular weight excluding hydrogens is 320 g/mol. The highest BCUT2D eigenvalue weighted by atomic mass is 16.5. The lowest BCUT2D eigenvalue weighted by Crippen LogP contribution is -2.50. The van der Waals surface area contributed by atoms with E-state index in [4.69, 9.17) is 4.74 Å². The van der Waals surface area contributed by atoms with Crippen LogP contribution in [0.4, 0.5) is 5.69 Å². The number of aliphatic carboxylic acids is 1. The molecule has 1 unspecified atom stereocenters. The molecule has 0 saturated carbocycles. The van der Waals surface area contributed by atoms with E-state index >= 15 is 0 Å². The van der Waals surface area contributed by atoms with Gasteiger partial charge in [0.2, 0.25) is 0 Å². The van der Waals surface area contributed by atoms with E-state index < -0.39 is 11.4 Å². The van der Waals surface area contributed by atoms with Gasteiger partial charge in [-0.05, 0) is 31.4 Å². The highest BCUT2D eigenvalue weighted by Crippen LogP contribution is 2.35. The molecule has 2 heterocycles. The first-order chi connectivity index (χ1) is 12.1. The number of carbonyl (C=O) groups is 2. The first-order valence-electron chi connectivity index (χ1n) is 9.02. The van der Waals surface area contributed by atoms with Gasteiger partial charge in [-0.2, -0.15) is 0 Å². The summed E-state index contributed by atoms with van der Waals surface area (Å²) in [5.41, 5.74) is 0.752. The number of carbonyl (C=O) groups excluding carboxylic acids is 1. The van der Waals surface area contributed by atoms with Crippen molar-refractivity contribution in [1.82, 2.24) is 4.90 Å². The second-order valence-corrected chi connectivity index (χ2v) is 6.89. The monoisotopic (exact) mass is 346 g/mol. The quantitative estimate of drug-likeness (QED) is 0.905. The molecule has 1 N–H and O–H groups in total. The number of benzene rings is 1. The normalized spacial score (nSPS) is 24.2. The molecule has 0 spiro atoms. The Labute approximate surface area is 148 Å². The fraction of sp³-hybridized carbons (Fsp3) is 0.579. The zero-order valence-corrected chi connectivity index (χ0v) is 14.7. The summed E-state index contributed by atoms with van der Waals surface area (Å²) in [6.07, 6.45) is 1.90. The smallest absolute Gasteiger partial charge is 0.311 e. The van der Waals surface area contributed by atoms with Crippen LogP contribution in [0.2, 0.25) is 0 Å². The Kier molecular flexibility index (Phi) is 5.27. The summed E-state index contributed by atoms with van der Waals surface area (Å²) in [5, 5.41) is 9.66. The molecule has 136 valence electrons. The van der Waals surface area contributed by atoms with Gasteiger partial charge in [-0.1, -0.05) is 19.1 Å². The molecule has 3 rings (SSSR count). The maximum absolute atomic E-state index is 13.2. The molecule has 0 aromatic heterocycles. The highest BCUT2D eigenvalue weighted by molar-refractivity contribution is 6.00. The zero-order valence-electron chi connectivity index (χ0n) is 14.7. The Morgan fingerprint density at radius 2 is 1.92 bits per heavy atom. The van der Waals surface area contributed by atoms with Crippen molar-refractivity contribution < 1.29 is 19.4 Å². The highest BCUT2D eigenvalue weighted by Gasteiger charge is 2.42. The van der Waals surface area contributed by atoms with Gasteiger partial charge in [-0.15, -0.1) is 0 Å². The van der Waals surface area contributed by atoms with Gasteiger partial charge in [-0.3, -0.25) is 9.59 Å². The lowest BCUT2D eigenvalue weighted by Gasteiger charge is -2.40. The summed E-state index contributed by atoms with van der Waals surface area (Å²) in [7, 11) is 0. The molecule has 25 heavy (non-hydrogen) atoms. The van der Waals surface area contributed by atoms with Crippen LogP contribution in [0.5, 0.6) is 0 Å². The zero-order chi connectivity index (χ0) is 17.9. The van der Waals surface area contributed by atoms with Crippen LogP contribution in [-0.4, -0.2) is 61.3 Å². The largest absolute Gasteiger partial charge is 0.481 e. The number of ether oxygens (including phenoxy) is 1. The summed E-state index contributed by atoms with van der Waals surface area (Å²) in [6, 6.07) is 7.61. The lowest BCUT2D eigenvalue weighted by atomic mass is 9.77. The fourth-order valence-corrected chi connectivity index (χ4v) is 3.82. The molecule has 0 bridgehead atoms. The van der Waals surface area contributed by atoms with E-state index in [0.717, 1.165) is 25.2 Å². The number of likely N-dealkylation sites (tertiary alicyclic amines) is 1. The second kappa shape index (κ2) is 7.44. The SMILES string of the molecule is CCC1(C(=O)O)CCCN(C(=O)c2ccccc2N2CCOCC2)C1. The van der Waals surface area contributed by atoms with Gasteiger partial charge in [0.25, 0.3) is 5.91 Å². The van der Waals surface area contributed by atoms with Crippen LogP contribution in [-0.2, 0) is 9.53 Å². The van der Waals surface area contributed by atoms with E-state index in [0.29, 0.717) is 38.2 Å². The Morgan fingerprint density at radius 1 is 1.20 bits per heavy atom. The third kappa shape index (κ3) is 3.49. The summed E-state index contributed by atoms with van der Waals surface area (Å²) in [6.45, 7) is 5.63. The first-order valence-corrected chi connectivity index (χ1v) is 9.02. The Morgan fingerprint density at radius 3 is 2.60 bits per heavy atom. The number of carboxylic acid groups (broad SMARTS) is 1. The summed E-state index contributed by atoms with van der Waals surface area (Å²) >= 11 is 0. The number of rotatable bonds is 4. The molecule has 6 nitrogen and oxygen atoms in total. The topological polar surface area (TPSA) is 70.1 Å². The van der Waals surface area contributed by atoms with Crippen molar-refractivity contribution in [1.29, 1.82) is 0 Å². The van der Waals surface area contributed by atoms with E-state index in [2.05, 4.69) is 4.90 Å². The molecule has 2 fully saturated rings. The minimum absolute atomic E-state index is 0.0686. The van der Waals surface area contributed by atoms with E-state index in [1.807, 2.05) is 31.2 Å². The average molecular weight is 346 g/mol. The number of hydrogen-bond donors (Lipinski definition) is 1. The molecule has 2 aliphatic rings. The van der Waals surface area contributed by atoms with Crippen molar-refractivity contribution in [2.24, 2.45) is 5.41 Å². The molecule has 1 aromatic carbocycles. The van der Waals surface area contributed by atoms with Gasteiger partial charge in [0.05, 0.1) is 24.2 Å². The maximum atomic E-state index is 13.2. The third-order valence-electron chi connectivity index (χ3n) is 5.48. The molecule has 1 aromatic rings. The molecule has 2 aliphatic heterocycles. The van der Waals surface area contributed by atoms with Crippen LogP contribution in [0.1, 0.15) is 36.5 Å². The van der Waals surface area contributed by atoms with Crippen molar-refractivity contribution in [3.63, 3.8) is 0 Å². The fourth-order valence-electron chi connectivity index (χ4n) is 3.82. The Hall–Kier alpha value is -2.08. The number of nitrogens with zero attached hydrogens (tertiary/aromatic N) is 2. The van der Waals surface area contributed by atoms with Gasteiger partial charge in [0.1, 0.15) is 0 Å². The Balaban J connectivity index is 1.84. The van der Waals surface area contributed by atoms with Gasteiger partial charge in [-0.25, -0.2) is 0 Å². The minimum Gasteiger partial charge on any atom is -0.481 e. The van der Waals surface area contributed by atoms with Crippen molar-refractivity contribution in [3.8, 4) is 0 Å². The van der Waals surface area contributed by atoms with E-state index in [-0.39, 0.29) is 12.5 Å². The summed E-state index contributed by atoms with van der Waals surface area (Å²) in [5.74, 6) is -0.866. The van der Waals surface area contributed by atoms with Gasteiger partial charge in [0.15, 0.2) is 0 Å². The van der Waals surface area contributed by atoms with Crippen molar-refractivity contribution >= 4 is 17.6 Å². The number of piperidine rings is 1. The van der Waals surface area contributed by atoms with Gasteiger partial charge in [0, 0.05) is 31.9 Å². The molecule has 2 saturated heterocycles. The lowest BCUT2D eigenvalue weighted by molar-refractivity contribution is -0.152. The van der Waals surface area contributed by atoms with Crippen LogP contribution in [0.15, 0.2) is 24.3 Å². The maximum Gasteiger partial charge on any atom is 0.311 e. The van der Waals surface area contributed by atoms with Crippen LogP contribution in [0.3, 0.4) is 0 Å². The summed E-state index contributed by atoms with van der Waals surface area (Å²) < 4.78 is 5.40. The van der Waals surface area contributed by atoms with E-state index in [1.54, 1.807) is 4.90 Å². The van der Waals surface area contributed by atoms with Crippen molar-refractivity contribution in [2.75, 3.05) is 44.3 Å². The number of amides is 1. The molecule has 1 atom stereocenters. The number of carboxylic acids is 1. The van der Waals surface area contributed by atoms with Crippen LogP contribution < -0.4 is 4.90 Å². The van der Waals surface area contributed by atoms with E-state index in [9.17, 15) is 14.7 Å². The minimum atomic E-state index is -0.818. The number of hydrogen-bond acceptors (Lipinski definition) is 4. The van der Waals surface area contributed by atoms with Crippen LogP contribution in [0.25, 0.3) is 0 Å². The first kappa shape index (κ1) is 17.7. The third-order valence-corrected chi connectivity index (χ3v) is 5.48. The number of morpholine rings is 1. The summed E-state index contributed by atoms with van der Waals surface area (Å²) in [4.78, 5) is 28.8. The van der Waals surface area contributed by atoms with Crippen LogP contribution >= 0.6 is 0 Å². The van der Waals surface area contributed by atoms with Crippen molar-refractivity contribution in [3.05, 3.63) is 29.8 Å². The molecule has 1 amide bonds. The predicted octanol–water partition coefficient (Wildman–Crippen LogP) is 2.24. The number of para-hydroxylation sites is 1. The molecular formula is C19H26N2O4. The Bertz CT molecular complexity index is 642. The average Bonchev–Trinajstić information content (AvgIpc) is 2.68. The van der Waals surface area contributed by atoms with E-state index in [1.165, 1.54) is 0 Å². The van der Waals surface area contributed by atoms with Gasteiger partial charge < -0.3 is 19.6 Å².